The first-order valence-electron chi connectivity index (χ1n) is 9.83. The second kappa shape index (κ2) is 13.3. The highest BCUT2D eigenvalue weighted by molar-refractivity contribution is 7.43. The van der Waals surface area contributed by atoms with Crippen LogP contribution in [0.25, 0.3) is 0 Å². The quantitative estimate of drug-likeness (QED) is 0.0511. The summed E-state index contributed by atoms with van der Waals surface area (Å²) in [4.78, 5) is 46.0. The smallest absolute Gasteiger partial charge is 0.362 e. The predicted octanol–water partition coefficient (Wildman–Crippen LogP) is -5.73. The summed E-state index contributed by atoms with van der Waals surface area (Å²) in [5.74, 6) is -1.55. The SMILES string of the molecule is NC(=O)c1ccc[n+]([C@@H]2O[C@H](COP(=O)([O-])[O-])[C@@H](O)[C@H]2O)c1.NC(N)=NCCC[C@H]([NH3+])C(=O)O. The highest BCUT2D eigenvalue weighted by Gasteiger charge is 2.48. The number of phosphoric acid groups is 1. The second-order valence-corrected chi connectivity index (χ2v) is 8.33. The van der Waals surface area contributed by atoms with E-state index in [0.29, 0.717) is 19.4 Å². The van der Waals surface area contributed by atoms with Crippen LogP contribution >= 0.6 is 7.82 Å². The third-order valence-electron chi connectivity index (χ3n) is 4.49. The van der Waals surface area contributed by atoms with Gasteiger partial charge in [-0.25, -0.2) is 4.79 Å². The summed E-state index contributed by atoms with van der Waals surface area (Å²) in [5.41, 5.74) is 18.9. The Kier molecular flexibility index (Phi) is 11.4. The number of carboxylic acid groups (broad SMARTS) is 1. The van der Waals surface area contributed by atoms with Crippen molar-refractivity contribution in [2.24, 2.45) is 22.2 Å². The Morgan fingerprint density at radius 2 is 1.94 bits per heavy atom. The molecule has 1 aliphatic rings. The molecule has 16 nitrogen and oxygen atoms in total. The Morgan fingerprint density at radius 3 is 2.47 bits per heavy atom. The highest BCUT2D eigenvalue weighted by atomic mass is 31.2. The zero-order valence-corrected chi connectivity index (χ0v) is 18.9. The van der Waals surface area contributed by atoms with Gasteiger partial charge in [0.05, 0.1) is 14.4 Å². The lowest BCUT2D eigenvalue weighted by Gasteiger charge is -2.30. The number of pyridine rings is 1. The molecule has 0 aliphatic carbocycles. The van der Waals surface area contributed by atoms with E-state index in [1.165, 1.54) is 29.1 Å². The van der Waals surface area contributed by atoms with E-state index in [0.717, 1.165) is 0 Å². The fraction of sp³-hybridized carbons (Fsp3) is 0.529. The van der Waals surface area contributed by atoms with Gasteiger partial charge in [0, 0.05) is 19.0 Å². The van der Waals surface area contributed by atoms with Crippen LogP contribution in [0.2, 0.25) is 0 Å². The zero-order chi connectivity index (χ0) is 26.1. The number of amides is 1. The van der Waals surface area contributed by atoms with Gasteiger partial charge in [-0.2, -0.15) is 4.57 Å². The van der Waals surface area contributed by atoms with Crippen molar-refractivity contribution < 1.29 is 58.8 Å². The highest BCUT2D eigenvalue weighted by Crippen LogP contribution is 2.30. The fourth-order valence-electron chi connectivity index (χ4n) is 2.74. The number of carbonyl (C=O) groups is 2. The van der Waals surface area contributed by atoms with E-state index in [2.05, 4.69) is 15.2 Å². The predicted molar refractivity (Wildman–Crippen MR) is 109 cm³/mol. The molecule has 1 saturated heterocycles. The third kappa shape index (κ3) is 10.1. The van der Waals surface area contributed by atoms with Crippen molar-refractivity contribution in [1.29, 1.82) is 0 Å². The van der Waals surface area contributed by atoms with Gasteiger partial charge in [0.1, 0.15) is 17.8 Å². The molecule has 5 atom stereocenters. The van der Waals surface area contributed by atoms with Gasteiger partial charge in [0.2, 0.25) is 0 Å². The Balaban J connectivity index is 0.000000411. The molecule has 34 heavy (non-hydrogen) atoms. The number of aliphatic imine (C=N–C) groups is 1. The van der Waals surface area contributed by atoms with Crippen LogP contribution in [0.1, 0.15) is 29.4 Å². The first kappa shape index (κ1) is 29.3. The number of primary amides is 1. The van der Waals surface area contributed by atoms with Crippen molar-refractivity contribution in [3.63, 3.8) is 0 Å². The monoisotopic (exact) mass is 508 g/mol. The molecular formula is C17H29N6O10P. The van der Waals surface area contributed by atoms with Crippen molar-refractivity contribution in [3.8, 4) is 0 Å². The summed E-state index contributed by atoms with van der Waals surface area (Å²) < 4.78 is 21.1. The average Bonchev–Trinajstić information content (AvgIpc) is 3.03. The second-order valence-electron chi connectivity index (χ2n) is 7.18. The topological polar surface area (TPSA) is 298 Å². The third-order valence-corrected chi connectivity index (χ3v) is 4.95. The number of quaternary nitrogens is 1. The molecule has 17 heteroatoms. The number of hydrogen-bond donors (Lipinski definition) is 7. The van der Waals surface area contributed by atoms with Crippen molar-refractivity contribution in [1.82, 2.24) is 0 Å². The minimum atomic E-state index is -5.22. The molecule has 1 amide bonds. The lowest BCUT2D eigenvalue weighted by atomic mass is 10.1. The number of hydrogen-bond acceptors (Lipinski definition) is 10. The van der Waals surface area contributed by atoms with Crippen LogP contribution in [0.4, 0.5) is 0 Å². The molecule has 192 valence electrons. The summed E-state index contributed by atoms with van der Waals surface area (Å²) in [6.45, 7) is -0.267. The van der Waals surface area contributed by atoms with Crippen molar-refractivity contribution in [2.75, 3.05) is 13.2 Å². The maximum Gasteiger partial charge on any atom is 0.362 e. The minimum Gasteiger partial charge on any atom is -0.790 e. The van der Waals surface area contributed by atoms with Crippen molar-refractivity contribution in [3.05, 3.63) is 30.1 Å². The van der Waals surface area contributed by atoms with Crippen LogP contribution in [0.5, 0.6) is 0 Å². The summed E-state index contributed by atoms with van der Waals surface area (Å²) in [7, 11) is -5.22. The number of carbonyl (C=O) groups excluding carboxylic acids is 1. The van der Waals surface area contributed by atoms with E-state index in [9.17, 15) is 34.2 Å². The van der Waals surface area contributed by atoms with Crippen molar-refractivity contribution >= 4 is 25.7 Å². The summed E-state index contributed by atoms with van der Waals surface area (Å²) in [6, 6.07) is 2.36. The van der Waals surface area contributed by atoms with Gasteiger partial charge in [0.25, 0.3) is 12.1 Å². The van der Waals surface area contributed by atoms with Gasteiger partial charge >= 0.3 is 5.97 Å². The number of rotatable bonds is 10. The van der Waals surface area contributed by atoms with E-state index in [1.54, 1.807) is 0 Å². The molecule has 0 radical (unpaired) electrons. The number of aromatic nitrogens is 1. The number of aliphatic hydroxyl groups excluding tert-OH is 2. The number of ether oxygens (including phenoxy) is 1. The molecule has 0 aromatic carbocycles. The number of nitrogens with two attached hydrogens (primary N) is 3. The Bertz CT molecular complexity index is 909. The molecule has 1 aromatic heterocycles. The van der Waals surface area contributed by atoms with Gasteiger partial charge in [-0.05, 0) is 12.5 Å². The number of guanidine groups is 1. The average molecular weight is 508 g/mol. The van der Waals surface area contributed by atoms with Crippen LogP contribution in [0.15, 0.2) is 29.5 Å². The molecule has 2 rings (SSSR count). The number of carboxylic acids is 1. The van der Waals surface area contributed by atoms with E-state index >= 15 is 0 Å². The van der Waals surface area contributed by atoms with Crippen LogP contribution in [0.3, 0.4) is 0 Å². The summed E-state index contributed by atoms with van der Waals surface area (Å²) >= 11 is 0. The Labute approximate surface area is 194 Å². The van der Waals surface area contributed by atoms with E-state index in [-0.39, 0.29) is 11.5 Å². The Morgan fingerprint density at radius 1 is 1.29 bits per heavy atom. The van der Waals surface area contributed by atoms with Gasteiger partial charge in [-0.15, -0.1) is 0 Å². The lowest BCUT2D eigenvalue weighted by Crippen LogP contribution is -2.64. The Hall–Kier alpha value is -2.69. The zero-order valence-electron chi connectivity index (χ0n) is 18.0. The molecule has 1 aromatic rings. The molecule has 0 spiro atoms. The fourth-order valence-corrected chi connectivity index (χ4v) is 3.07. The number of nitrogens with zero attached hydrogens (tertiary/aromatic N) is 2. The number of aliphatic carboxylic acids is 1. The van der Waals surface area contributed by atoms with Crippen LogP contribution in [0, 0.1) is 0 Å². The maximum atomic E-state index is 11.1. The first-order chi connectivity index (χ1) is 15.7. The van der Waals surface area contributed by atoms with Crippen LogP contribution < -0.4 is 37.3 Å². The van der Waals surface area contributed by atoms with Crippen molar-refractivity contribution in [2.45, 2.75) is 43.4 Å². The van der Waals surface area contributed by atoms with Crippen LogP contribution in [-0.4, -0.2) is 70.7 Å². The molecule has 0 saturated carbocycles. The minimum absolute atomic E-state index is 0.0333. The van der Waals surface area contributed by atoms with E-state index in [4.69, 9.17) is 27.0 Å². The van der Waals surface area contributed by atoms with Gasteiger partial charge in [-0.3, -0.25) is 9.79 Å². The molecular weight excluding hydrogens is 479 g/mol. The molecule has 1 fully saturated rings. The van der Waals surface area contributed by atoms with Gasteiger partial charge in [0.15, 0.2) is 30.5 Å². The first-order valence-corrected chi connectivity index (χ1v) is 11.3. The molecule has 0 unspecified atom stereocenters. The normalized spacial score (nSPS) is 22.9. The van der Waals surface area contributed by atoms with Gasteiger partial charge < -0.3 is 61.9 Å². The molecule has 0 bridgehead atoms. The summed E-state index contributed by atoms with van der Waals surface area (Å²) in [6.07, 6.45) is -1.31. The number of phosphoric ester groups is 1. The number of aliphatic hydroxyl groups is 2. The van der Waals surface area contributed by atoms with Crippen LogP contribution in [-0.2, 0) is 18.6 Å². The molecule has 2 heterocycles. The molecule has 12 N–H and O–H groups in total. The largest absolute Gasteiger partial charge is 0.790 e. The maximum absolute atomic E-state index is 11.1. The summed E-state index contributed by atoms with van der Waals surface area (Å²) in [5, 5.41) is 28.2. The van der Waals surface area contributed by atoms with E-state index in [1.807, 2.05) is 0 Å². The van der Waals surface area contributed by atoms with E-state index < -0.39 is 56.9 Å². The standard InChI is InChI=1S/C11H15N2O8P.C6H14N4O2/c12-10(16)6-2-1-3-13(4-6)11-9(15)8(14)7(21-11)5-20-22(17,18)19;7-4(5(11)12)2-1-3-10-6(8)9/h1-4,7-9,11,14-15H,5H2,(H3-,12,16,17,18,19);4H,1-3,7H2,(H,11,12)(H4,8,9,10)/t7-,8-,9-,11-;4-/m10/s1. The van der Waals surface area contributed by atoms with Gasteiger partial charge in [-0.1, -0.05) is 0 Å². The molecule has 1 aliphatic heterocycles. The lowest BCUT2D eigenvalue weighted by molar-refractivity contribution is -0.765.